The molecule has 0 radical (unpaired) electrons. The number of pyridine rings is 1. The van der Waals surface area contributed by atoms with E-state index < -0.39 is 0 Å². The number of imidazole rings is 1. The Morgan fingerprint density at radius 1 is 1.02 bits per heavy atom. The first-order chi connectivity index (χ1) is 20.8. The number of amides is 2. The van der Waals surface area contributed by atoms with Gasteiger partial charge in [0.05, 0.1) is 30.6 Å². The number of ether oxygens (including phenoxy) is 1. The normalized spacial score (nSPS) is 23.1. The first-order valence-corrected chi connectivity index (χ1v) is 15.7. The van der Waals surface area contributed by atoms with Crippen molar-refractivity contribution in [2.45, 2.75) is 89.0 Å². The van der Waals surface area contributed by atoms with Crippen molar-refractivity contribution in [3.05, 3.63) is 41.6 Å². The minimum absolute atomic E-state index is 0.00954. The van der Waals surface area contributed by atoms with E-state index >= 15 is 0 Å². The lowest BCUT2D eigenvalue weighted by molar-refractivity contribution is -0.130. The van der Waals surface area contributed by atoms with Gasteiger partial charge in [0.2, 0.25) is 5.91 Å². The fourth-order valence-electron chi connectivity index (χ4n) is 7.58. The van der Waals surface area contributed by atoms with Crippen molar-refractivity contribution >= 4 is 33.9 Å². The number of aryl methyl sites for hydroxylation is 2. The average Bonchev–Trinajstić information content (AvgIpc) is 3.75. The number of carbonyl (C=O) groups excluding carboxylic acids is 2. The number of nitrogens with two attached hydrogens (primary N) is 1. The van der Waals surface area contributed by atoms with Crippen LogP contribution in [-0.4, -0.2) is 73.0 Å². The Bertz CT molecular complexity index is 1720. The molecule has 2 amide bonds. The van der Waals surface area contributed by atoms with Gasteiger partial charge in [0.15, 0.2) is 5.82 Å². The number of carbonyl (C=O) groups is 2. The quantitative estimate of drug-likeness (QED) is 0.377. The van der Waals surface area contributed by atoms with Crippen molar-refractivity contribution in [2.24, 2.45) is 12.8 Å². The van der Waals surface area contributed by atoms with Crippen LogP contribution >= 0.6 is 0 Å². The summed E-state index contributed by atoms with van der Waals surface area (Å²) in [5.74, 6) is 1.61. The molecule has 0 spiro atoms. The zero-order valence-electron chi connectivity index (χ0n) is 25.4. The number of nitrogens with zero attached hydrogens (tertiary/aromatic N) is 6. The summed E-state index contributed by atoms with van der Waals surface area (Å²) in [6, 6.07) is 10.4. The van der Waals surface area contributed by atoms with Gasteiger partial charge >= 0.3 is 0 Å². The maximum absolute atomic E-state index is 13.8. The van der Waals surface area contributed by atoms with Crippen LogP contribution in [0.3, 0.4) is 0 Å². The third kappa shape index (κ3) is 4.76. The Labute approximate surface area is 251 Å². The van der Waals surface area contributed by atoms with Gasteiger partial charge in [-0.2, -0.15) is 0 Å². The number of hydrogen-bond donors (Lipinski definition) is 1. The summed E-state index contributed by atoms with van der Waals surface area (Å²) in [6.07, 6.45) is 8.65. The van der Waals surface area contributed by atoms with Gasteiger partial charge in [-0.15, -0.1) is 0 Å². The smallest absolute Gasteiger partial charge is 0.254 e. The van der Waals surface area contributed by atoms with E-state index in [-0.39, 0.29) is 29.9 Å². The number of aromatic nitrogens is 4. The third-order valence-electron chi connectivity index (χ3n) is 9.85. The van der Waals surface area contributed by atoms with Crippen molar-refractivity contribution in [3.8, 4) is 17.3 Å². The highest BCUT2D eigenvalue weighted by atomic mass is 16.5. The van der Waals surface area contributed by atoms with Crippen LogP contribution in [0.1, 0.15) is 73.8 Å². The summed E-state index contributed by atoms with van der Waals surface area (Å²) in [5.41, 5.74) is 11.3. The molecule has 0 saturated carbocycles. The highest BCUT2D eigenvalue weighted by Gasteiger charge is 2.47. The molecule has 2 N–H and O–H groups in total. The van der Waals surface area contributed by atoms with E-state index in [4.69, 9.17) is 20.4 Å². The van der Waals surface area contributed by atoms with E-state index in [1.54, 1.807) is 12.0 Å². The lowest BCUT2D eigenvalue weighted by atomic mass is 9.97. The Kier molecular flexibility index (Phi) is 7.12. The molecule has 3 aliphatic rings. The van der Waals surface area contributed by atoms with Crippen molar-refractivity contribution in [1.29, 1.82) is 0 Å². The molecule has 226 valence electrons. The maximum atomic E-state index is 13.8. The van der Waals surface area contributed by atoms with E-state index in [0.717, 1.165) is 97.2 Å². The Balaban J connectivity index is 1.31. The summed E-state index contributed by atoms with van der Waals surface area (Å²) >= 11 is 0. The second-order valence-electron chi connectivity index (χ2n) is 12.6. The van der Waals surface area contributed by atoms with Gasteiger partial charge in [0.25, 0.3) is 5.91 Å². The fourth-order valence-corrected chi connectivity index (χ4v) is 7.58. The second-order valence-corrected chi connectivity index (χ2v) is 12.6. The van der Waals surface area contributed by atoms with Crippen LogP contribution in [0.2, 0.25) is 0 Å². The van der Waals surface area contributed by atoms with Crippen molar-refractivity contribution in [1.82, 2.24) is 28.9 Å². The van der Waals surface area contributed by atoms with Gasteiger partial charge < -0.3 is 29.4 Å². The second kappa shape index (κ2) is 11.0. The van der Waals surface area contributed by atoms with Gasteiger partial charge in [-0.05, 0) is 62.4 Å². The van der Waals surface area contributed by atoms with Gasteiger partial charge in [-0.1, -0.05) is 19.3 Å². The fraction of sp³-hybridized carbons (Fsp3) is 0.515. The monoisotopic (exact) mass is 583 g/mol. The highest BCUT2D eigenvalue weighted by Crippen LogP contribution is 2.39. The molecule has 10 nitrogen and oxygen atoms in total. The Morgan fingerprint density at radius 2 is 1.84 bits per heavy atom. The minimum Gasteiger partial charge on any atom is -0.494 e. The molecule has 2 fully saturated rings. The topological polar surface area (TPSA) is 112 Å². The molecule has 4 aromatic rings. The molecule has 3 atom stereocenters. The average molecular weight is 584 g/mol. The van der Waals surface area contributed by atoms with Crippen LogP contribution in [0.25, 0.3) is 33.6 Å². The predicted molar refractivity (Wildman–Crippen MR) is 166 cm³/mol. The predicted octanol–water partition coefficient (Wildman–Crippen LogP) is 4.62. The van der Waals surface area contributed by atoms with E-state index in [9.17, 15) is 9.59 Å². The number of fused-ring (bicyclic) bond motifs is 4. The lowest BCUT2D eigenvalue weighted by Gasteiger charge is -2.23. The van der Waals surface area contributed by atoms with Crippen LogP contribution in [0.15, 0.2) is 30.3 Å². The summed E-state index contributed by atoms with van der Waals surface area (Å²) in [4.78, 5) is 40.4. The summed E-state index contributed by atoms with van der Waals surface area (Å²) in [6.45, 7) is 1.31. The summed E-state index contributed by atoms with van der Waals surface area (Å²) < 4.78 is 10.2. The van der Waals surface area contributed by atoms with Gasteiger partial charge in [0.1, 0.15) is 16.9 Å². The molecular formula is C33H41N7O3. The van der Waals surface area contributed by atoms with Crippen LogP contribution in [0, 0.1) is 0 Å². The Morgan fingerprint density at radius 3 is 2.60 bits per heavy atom. The molecule has 43 heavy (non-hydrogen) atoms. The van der Waals surface area contributed by atoms with E-state index in [2.05, 4.69) is 21.3 Å². The highest BCUT2D eigenvalue weighted by molar-refractivity contribution is 6.00. The minimum atomic E-state index is 0.00954. The van der Waals surface area contributed by atoms with Crippen molar-refractivity contribution in [2.75, 3.05) is 14.2 Å². The molecule has 3 aliphatic heterocycles. The lowest BCUT2D eigenvalue weighted by Crippen LogP contribution is -2.40. The van der Waals surface area contributed by atoms with Crippen LogP contribution in [0.4, 0.5) is 0 Å². The standard InChI is InChI=1S/C33H41N7O3/c1-37-19-22-11-10-20-16-27(39(31(20)35-22)14-8-6-4-5-7-9-29(37)41)32-36-25-15-21(17-28(43-3)30(25)38(32)2)33(42)40-23-12-13-26(40)24(34)18-23/h10-11,15-17,23-24,26H,4-9,12-14,18-19,34H2,1-3H3/t23-,24+,26+/m0/s1. The number of methoxy groups -OCH3 is 1. The summed E-state index contributed by atoms with van der Waals surface area (Å²) in [7, 11) is 5.51. The van der Waals surface area contributed by atoms with E-state index in [0.29, 0.717) is 24.3 Å². The van der Waals surface area contributed by atoms with Crippen LogP contribution in [-0.2, 0) is 24.9 Å². The summed E-state index contributed by atoms with van der Waals surface area (Å²) in [5, 5.41) is 1.04. The number of hydrogen-bond acceptors (Lipinski definition) is 6. The van der Waals surface area contributed by atoms with Gasteiger partial charge in [-0.25, -0.2) is 9.97 Å². The molecule has 6 heterocycles. The zero-order chi connectivity index (χ0) is 29.8. The molecule has 3 aromatic heterocycles. The van der Waals surface area contributed by atoms with E-state index in [1.165, 1.54) is 0 Å². The number of rotatable bonds is 3. The molecule has 7 rings (SSSR count). The largest absolute Gasteiger partial charge is 0.494 e. The molecule has 0 unspecified atom stereocenters. The van der Waals surface area contributed by atoms with Gasteiger partial charge in [0, 0.05) is 56.1 Å². The Hall–Kier alpha value is -3.92. The van der Waals surface area contributed by atoms with Gasteiger partial charge in [-0.3, -0.25) is 9.59 Å². The molecule has 10 heteroatoms. The van der Waals surface area contributed by atoms with Crippen molar-refractivity contribution < 1.29 is 14.3 Å². The molecule has 2 saturated heterocycles. The third-order valence-corrected chi connectivity index (χ3v) is 9.85. The van der Waals surface area contributed by atoms with Crippen LogP contribution in [0.5, 0.6) is 5.75 Å². The SMILES string of the molecule is COc1cc(C(=O)N2[C@H]3CC[C@@H]2[C@H](N)C3)cc2nc(-c3cc4ccc5nc4n3CCCCCCCC(=O)N(C)C5)n(C)c12. The molecule has 1 aromatic carbocycles. The number of benzene rings is 1. The first-order valence-electron chi connectivity index (χ1n) is 15.7. The molecular weight excluding hydrogens is 542 g/mol. The van der Waals surface area contributed by atoms with Crippen LogP contribution < -0.4 is 10.5 Å². The maximum Gasteiger partial charge on any atom is 0.254 e. The zero-order valence-corrected chi connectivity index (χ0v) is 25.4. The van der Waals surface area contributed by atoms with E-state index in [1.807, 2.05) is 37.2 Å². The molecule has 0 aliphatic carbocycles. The van der Waals surface area contributed by atoms with Crippen molar-refractivity contribution in [3.63, 3.8) is 0 Å². The molecule has 4 bridgehead atoms. The first kappa shape index (κ1) is 27.9.